The van der Waals surface area contributed by atoms with Crippen molar-refractivity contribution in [2.75, 3.05) is 25.0 Å². The van der Waals surface area contributed by atoms with Gasteiger partial charge in [0.25, 0.3) is 11.8 Å². The molecule has 1 N–H and O–H groups in total. The molecular weight excluding hydrogens is 391 g/mol. The Morgan fingerprint density at radius 1 is 1.17 bits per heavy atom. The van der Waals surface area contributed by atoms with E-state index in [1.807, 2.05) is 0 Å². The Morgan fingerprint density at radius 2 is 1.97 bits per heavy atom. The number of nitrogens with zero attached hydrogens (tertiary/aromatic N) is 3. The average Bonchev–Trinajstić information content (AvgIpc) is 3.20. The molecule has 1 aromatic heterocycles. The van der Waals surface area contributed by atoms with E-state index in [9.17, 15) is 14.0 Å². The van der Waals surface area contributed by atoms with Crippen molar-refractivity contribution in [1.29, 1.82) is 0 Å². The Balaban J connectivity index is 1.45. The molecule has 2 amide bonds. The highest BCUT2D eigenvalue weighted by Crippen LogP contribution is 2.22. The third-order valence-electron chi connectivity index (χ3n) is 4.66. The fourth-order valence-electron chi connectivity index (χ4n) is 3.15. The maximum atomic E-state index is 13.0. The number of rotatable bonds is 4. The molecule has 3 aromatic rings. The topological polar surface area (TPSA) is 97.6 Å². The largest absolute Gasteiger partial charge is 0.366 e. The molecule has 8 nitrogen and oxygen atoms in total. The number of ether oxygens (including phenoxy) is 1. The van der Waals surface area contributed by atoms with Crippen molar-refractivity contribution in [2.24, 2.45) is 0 Å². The van der Waals surface area contributed by atoms with E-state index in [1.165, 1.54) is 24.3 Å². The van der Waals surface area contributed by atoms with Crippen LogP contribution in [0, 0.1) is 12.7 Å². The summed E-state index contributed by atoms with van der Waals surface area (Å²) in [7, 11) is 0. The molecule has 0 radical (unpaired) electrons. The molecule has 4 rings (SSSR count). The number of aryl methyl sites for hydroxylation is 1. The fourth-order valence-corrected chi connectivity index (χ4v) is 3.15. The van der Waals surface area contributed by atoms with Crippen LogP contribution in [-0.4, -0.2) is 46.6 Å². The molecular formula is C21H19FN4O4. The molecule has 1 saturated heterocycles. The molecule has 0 saturated carbocycles. The van der Waals surface area contributed by atoms with Crippen LogP contribution in [0.4, 0.5) is 10.1 Å². The lowest BCUT2D eigenvalue weighted by Gasteiger charge is -2.31. The third kappa shape index (κ3) is 4.36. The van der Waals surface area contributed by atoms with E-state index in [0.29, 0.717) is 48.2 Å². The number of amides is 2. The lowest BCUT2D eigenvalue weighted by atomic mass is 10.1. The van der Waals surface area contributed by atoms with Crippen molar-refractivity contribution in [3.05, 3.63) is 77.2 Å². The summed E-state index contributed by atoms with van der Waals surface area (Å²) >= 11 is 0. The highest BCUT2D eigenvalue weighted by Gasteiger charge is 2.29. The van der Waals surface area contributed by atoms with Crippen molar-refractivity contribution >= 4 is 17.5 Å². The SMILES string of the molecule is Cc1nc(C2CN(C(=O)c3cccc(NC(=O)c4ccc(F)cc4)c3)CCO2)no1. The number of carbonyl (C=O) groups is 2. The molecule has 9 heteroatoms. The standard InChI is InChI=1S/C21H19FN4O4/c1-13-23-19(25-30-13)18-12-26(9-10-29-18)21(28)15-3-2-4-17(11-15)24-20(27)14-5-7-16(22)8-6-14/h2-8,11,18H,9-10,12H2,1H3,(H,24,27). The monoisotopic (exact) mass is 410 g/mol. The Kier molecular flexibility index (Phi) is 5.53. The molecule has 0 bridgehead atoms. The smallest absolute Gasteiger partial charge is 0.255 e. The predicted molar refractivity (Wildman–Crippen MR) is 104 cm³/mol. The summed E-state index contributed by atoms with van der Waals surface area (Å²) < 4.78 is 23.7. The van der Waals surface area contributed by atoms with Crippen molar-refractivity contribution < 1.29 is 23.2 Å². The van der Waals surface area contributed by atoms with Crippen molar-refractivity contribution in [2.45, 2.75) is 13.0 Å². The van der Waals surface area contributed by atoms with E-state index < -0.39 is 17.8 Å². The number of anilines is 1. The Morgan fingerprint density at radius 3 is 2.70 bits per heavy atom. The zero-order chi connectivity index (χ0) is 21.1. The van der Waals surface area contributed by atoms with Gasteiger partial charge in [-0.25, -0.2) is 4.39 Å². The summed E-state index contributed by atoms with van der Waals surface area (Å²) in [6.45, 7) is 2.77. The maximum absolute atomic E-state index is 13.0. The van der Waals surface area contributed by atoms with Gasteiger partial charge in [0.05, 0.1) is 13.2 Å². The van der Waals surface area contributed by atoms with Gasteiger partial charge in [-0.15, -0.1) is 0 Å². The molecule has 0 spiro atoms. The second-order valence-electron chi connectivity index (χ2n) is 6.82. The van der Waals surface area contributed by atoms with Gasteiger partial charge < -0.3 is 19.5 Å². The van der Waals surface area contributed by atoms with Crippen LogP contribution >= 0.6 is 0 Å². The van der Waals surface area contributed by atoms with Crippen LogP contribution < -0.4 is 5.32 Å². The van der Waals surface area contributed by atoms with E-state index in [-0.39, 0.29) is 5.91 Å². The number of hydrogen-bond acceptors (Lipinski definition) is 6. The van der Waals surface area contributed by atoms with Crippen LogP contribution in [0.15, 0.2) is 53.1 Å². The van der Waals surface area contributed by atoms with Crippen molar-refractivity contribution in [3.8, 4) is 0 Å². The number of hydrogen-bond donors (Lipinski definition) is 1. The fraction of sp³-hybridized carbons (Fsp3) is 0.238. The highest BCUT2D eigenvalue weighted by atomic mass is 19.1. The summed E-state index contributed by atoms with van der Waals surface area (Å²) in [6.07, 6.45) is -0.457. The zero-order valence-corrected chi connectivity index (χ0v) is 16.2. The Hall–Kier alpha value is -3.59. The van der Waals surface area contributed by atoms with E-state index in [1.54, 1.807) is 36.1 Å². The summed E-state index contributed by atoms with van der Waals surface area (Å²) in [5.74, 6) is -0.161. The first-order chi connectivity index (χ1) is 14.5. The second-order valence-corrected chi connectivity index (χ2v) is 6.82. The number of morpholine rings is 1. The maximum Gasteiger partial charge on any atom is 0.255 e. The molecule has 30 heavy (non-hydrogen) atoms. The zero-order valence-electron chi connectivity index (χ0n) is 16.2. The van der Waals surface area contributed by atoms with Crippen LogP contribution in [0.1, 0.15) is 38.5 Å². The molecule has 1 fully saturated rings. The van der Waals surface area contributed by atoms with Gasteiger partial charge in [0.1, 0.15) is 11.9 Å². The summed E-state index contributed by atoms with van der Waals surface area (Å²) in [5, 5.41) is 6.59. The van der Waals surface area contributed by atoms with Crippen molar-refractivity contribution in [3.63, 3.8) is 0 Å². The number of nitrogens with one attached hydrogen (secondary N) is 1. The summed E-state index contributed by atoms with van der Waals surface area (Å²) in [5.41, 5.74) is 1.21. The lowest BCUT2D eigenvalue weighted by molar-refractivity contribution is -0.0276. The number of benzene rings is 2. The van der Waals surface area contributed by atoms with Crippen LogP contribution in [0.25, 0.3) is 0 Å². The minimum atomic E-state index is -0.457. The van der Waals surface area contributed by atoms with Crippen molar-refractivity contribution in [1.82, 2.24) is 15.0 Å². The van der Waals surface area contributed by atoms with Gasteiger partial charge in [-0.1, -0.05) is 11.2 Å². The first kappa shape index (κ1) is 19.7. The minimum Gasteiger partial charge on any atom is -0.366 e. The number of carbonyl (C=O) groups excluding carboxylic acids is 2. The first-order valence-electron chi connectivity index (χ1n) is 9.37. The van der Waals surface area contributed by atoms with Gasteiger partial charge in [0.15, 0.2) is 0 Å². The van der Waals surface area contributed by atoms with Crippen LogP contribution in [0.5, 0.6) is 0 Å². The molecule has 1 aliphatic rings. The normalized spacial score (nSPS) is 16.3. The Bertz CT molecular complexity index is 1070. The molecule has 1 unspecified atom stereocenters. The molecule has 0 aliphatic carbocycles. The number of halogens is 1. The molecule has 2 heterocycles. The van der Waals surface area contributed by atoms with E-state index in [0.717, 1.165) is 0 Å². The molecule has 154 valence electrons. The molecule has 1 aliphatic heterocycles. The lowest BCUT2D eigenvalue weighted by Crippen LogP contribution is -2.42. The molecule has 1 atom stereocenters. The van der Waals surface area contributed by atoms with Crippen LogP contribution in [0.3, 0.4) is 0 Å². The van der Waals surface area contributed by atoms with E-state index in [2.05, 4.69) is 15.5 Å². The van der Waals surface area contributed by atoms with Gasteiger partial charge in [-0.2, -0.15) is 4.98 Å². The predicted octanol–water partition coefficient (Wildman–Crippen LogP) is 2.98. The second kappa shape index (κ2) is 8.42. The van der Waals surface area contributed by atoms with Gasteiger partial charge >= 0.3 is 0 Å². The van der Waals surface area contributed by atoms with E-state index in [4.69, 9.17) is 9.26 Å². The van der Waals surface area contributed by atoms with Gasteiger partial charge in [0, 0.05) is 30.3 Å². The Labute approximate surface area is 171 Å². The van der Waals surface area contributed by atoms with Gasteiger partial charge in [-0.05, 0) is 42.5 Å². The quantitative estimate of drug-likeness (QED) is 0.710. The van der Waals surface area contributed by atoms with Gasteiger partial charge in [-0.3, -0.25) is 9.59 Å². The summed E-state index contributed by atoms with van der Waals surface area (Å²) in [6, 6.07) is 11.9. The first-order valence-corrected chi connectivity index (χ1v) is 9.37. The molecule has 2 aromatic carbocycles. The van der Waals surface area contributed by atoms with Crippen LogP contribution in [0.2, 0.25) is 0 Å². The third-order valence-corrected chi connectivity index (χ3v) is 4.66. The minimum absolute atomic E-state index is 0.193. The van der Waals surface area contributed by atoms with Gasteiger partial charge in [0.2, 0.25) is 11.7 Å². The average molecular weight is 410 g/mol. The number of aromatic nitrogens is 2. The van der Waals surface area contributed by atoms with Crippen LogP contribution in [-0.2, 0) is 4.74 Å². The van der Waals surface area contributed by atoms with E-state index >= 15 is 0 Å². The highest BCUT2D eigenvalue weighted by molar-refractivity contribution is 6.05. The summed E-state index contributed by atoms with van der Waals surface area (Å²) in [4.78, 5) is 31.1.